The number of aromatic amines is 1. The van der Waals surface area contributed by atoms with Gasteiger partial charge in [0, 0.05) is 5.41 Å². The highest BCUT2D eigenvalue weighted by Gasteiger charge is 2.23. The number of ether oxygens (including phenoxy) is 1. The van der Waals surface area contributed by atoms with Crippen molar-refractivity contribution in [2.45, 2.75) is 26.2 Å². The minimum atomic E-state index is -0.129. The van der Waals surface area contributed by atoms with Crippen LogP contribution in [0.5, 0.6) is 5.75 Å². The molecule has 1 aromatic heterocycles. The van der Waals surface area contributed by atoms with Gasteiger partial charge in [-0.2, -0.15) is 0 Å². The van der Waals surface area contributed by atoms with Crippen molar-refractivity contribution in [1.29, 1.82) is 0 Å². The molecule has 2 rings (SSSR count). The SMILES string of the molecule is COc1ccc(-n2[nH]c(C(C)(C)C)c(Br)c2=O)cc1. The number of hydrogen-bond donors (Lipinski definition) is 1. The Morgan fingerprint density at radius 2 is 1.79 bits per heavy atom. The highest BCUT2D eigenvalue weighted by molar-refractivity contribution is 9.10. The molecule has 5 heteroatoms. The predicted octanol–water partition coefficient (Wildman–Crippen LogP) is 3.23. The van der Waals surface area contributed by atoms with Crippen LogP contribution in [0.1, 0.15) is 26.5 Å². The van der Waals surface area contributed by atoms with Gasteiger partial charge in [0.15, 0.2) is 0 Å². The molecule has 0 aliphatic carbocycles. The smallest absolute Gasteiger partial charge is 0.285 e. The largest absolute Gasteiger partial charge is 0.497 e. The molecule has 0 unspecified atom stereocenters. The molecule has 0 aliphatic heterocycles. The van der Waals surface area contributed by atoms with Gasteiger partial charge in [0.1, 0.15) is 10.2 Å². The van der Waals surface area contributed by atoms with E-state index in [-0.39, 0.29) is 11.0 Å². The number of rotatable bonds is 2. The maximum Gasteiger partial charge on any atom is 0.285 e. The molecule has 0 bridgehead atoms. The quantitative estimate of drug-likeness (QED) is 0.921. The third-order valence-corrected chi connectivity index (χ3v) is 3.65. The Kier molecular flexibility index (Phi) is 3.58. The Labute approximate surface area is 120 Å². The van der Waals surface area contributed by atoms with Crippen molar-refractivity contribution in [2.75, 3.05) is 7.11 Å². The maximum absolute atomic E-state index is 12.2. The third-order valence-electron chi connectivity index (χ3n) is 2.91. The lowest BCUT2D eigenvalue weighted by molar-refractivity contribution is 0.414. The Hall–Kier alpha value is -1.49. The maximum atomic E-state index is 12.2. The van der Waals surface area contributed by atoms with Crippen LogP contribution in [0, 0.1) is 0 Å². The van der Waals surface area contributed by atoms with E-state index >= 15 is 0 Å². The lowest BCUT2D eigenvalue weighted by atomic mass is 9.93. The lowest BCUT2D eigenvalue weighted by Gasteiger charge is -2.16. The number of methoxy groups -OCH3 is 1. The fourth-order valence-corrected chi connectivity index (χ4v) is 2.69. The van der Waals surface area contributed by atoms with E-state index < -0.39 is 0 Å². The monoisotopic (exact) mass is 324 g/mol. The summed E-state index contributed by atoms with van der Waals surface area (Å²) in [5, 5.41) is 3.16. The molecule has 1 N–H and O–H groups in total. The van der Waals surface area contributed by atoms with Crippen LogP contribution in [0.4, 0.5) is 0 Å². The summed E-state index contributed by atoms with van der Waals surface area (Å²) in [6.45, 7) is 6.17. The van der Waals surface area contributed by atoms with E-state index in [1.807, 2.05) is 24.3 Å². The summed E-state index contributed by atoms with van der Waals surface area (Å²) in [4.78, 5) is 12.2. The summed E-state index contributed by atoms with van der Waals surface area (Å²) >= 11 is 3.37. The Morgan fingerprint density at radius 1 is 1.21 bits per heavy atom. The molecule has 102 valence electrons. The number of hydrogen-bond acceptors (Lipinski definition) is 2. The molecule has 0 saturated heterocycles. The molecule has 0 atom stereocenters. The second-order valence-electron chi connectivity index (χ2n) is 5.39. The summed E-state index contributed by atoms with van der Waals surface area (Å²) in [5.74, 6) is 0.762. The zero-order chi connectivity index (χ0) is 14.2. The average Bonchev–Trinajstić information content (AvgIpc) is 2.66. The van der Waals surface area contributed by atoms with Crippen molar-refractivity contribution in [2.24, 2.45) is 0 Å². The number of aromatic nitrogens is 2. The third kappa shape index (κ3) is 2.61. The van der Waals surface area contributed by atoms with Crippen LogP contribution < -0.4 is 10.3 Å². The fraction of sp³-hybridized carbons (Fsp3) is 0.357. The first-order valence-corrected chi connectivity index (χ1v) is 6.79. The zero-order valence-electron chi connectivity index (χ0n) is 11.5. The van der Waals surface area contributed by atoms with E-state index in [1.165, 1.54) is 4.68 Å². The molecule has 0 amide bonds. The van der Waals surface area contributed by atoms with Gasteiger partial charge in [0.25, 0.3) is 5.56 Å². The van der Waals surface area contributed by atoms with E-state index in [0.29, 0.717) is 4.47 Å². The average molecular weight is 325 g/mol. The minimum Gasteiger partial charge on any atom is -0.497 e. The van der Waals surface area contributed by atoms with Crippen LogP contribution in [0.2, 0.25) is 0 Å². The number of halogens is 1. The van der Waals surface area contributed by atoms with E-state index in [1.54, 1.807) is 7.11 Å². The zero-order valence-corrected chi connectivity index (χ0v) is 13.0. The van der Waals surface area contributed by atoms with E-state index in [0.717, 1.165) is 17.1 Å². The van der Waals surface area contributed by atoms with Gasteiger partial charge in [-0.25, -0.2) is 4.68 Å². The van der Waals surface area contributed by atoms with Crippen LogP contribution >= 0.6 is 15.9 Å². The second kappa shape index (κ2) is 4.89. The Balaban J connectivity index is 2.54. The number of H-pyrrole nitrogens is 1. The van der Waals surface area contributed by atoms with Gasteiger partial charge in [0.2, 0.25) is 0 Å². The predicted molar refractivity (Wildman–Crippen MR) is 79.3 cm³/mol. The molecule has 0 saturated carbocycles. The van der Waals surface area contributed by atoms with Gasteiger partial charge in [-0.1, -0.05) is 20.8 Å². The highest BCUT2D eigenvalue weighted by atomic mass is 79.9. The minimum absolute atomic E-state index is 0.0879. The molecule has 0 radical (unpaired) electrons. The fourth-order valence-electron chi connectivity index (χ4n) is 1.83. The normalized spacial score (nSPS) is 11.6. The molecule has 0 spiro atoms. The molecule has 1 aromatic carbocycles. The first-order chi connectivity index (χ1) is 8.84. The second-order valence-corrected chi connectivity index (χ2v) is 6.18. The van der Waals surface area contributed by atoms with Gasteiger partial charge in [-0.15, -0.1) is 0 Å². The van der Waals surface area contributed by atoms with Crippen LogP contribution in [-0.2, 0) is 5.41 Å². The van der Waals surface area contributed by atoms with Gasteiger partial charge in [0.05, 0.1) is 18.5 Å². The molecule has 2 aromatic rings. The summed E-state index contributed by atoms with van der Waals surface area (Å²) in [5.41, 5.74) is 1.45. The van der Waals surface area contributed by atoms with Crippen molar-refractivity contribution < 1.29 is 4.74 Å². The first kappa shape index (κ1) is 13.9. The van der Waals surface area contributed by atoms with Gasteiger partial charge >= 0.3 is 0 Å². The standard InChI is InChI=1S/C14H17BrN2O2/c1-14(2,3)12-11(15)13(18)17(16-12)9-5-7-10(19-4)8-6-9/h5-8,16H,1-4H3. The lowest BCUT2D eigenvalue weighted by Crippen LogP contribution is -2.14. The molecular weight excluding hydrogens is 308 g/mol. The molecular formula is C14H17BrN2O2. The van der Waals surface area contributed by atoms with Crippen LogP contribution in [0.3, 0.4) is 0 Å². The van der Waals surface area contributed by atoms with E-state index in [2.05, 4.69) is 41.8 Å². The molecule has 0 fully saturated rings. The Morgan fingerprint density at radius 3 is 2.21 bits per heavy atom. The van der Waals surface area contributed by atoms with Crippen LogP contribution in [0.15, 0.2) is 33.5 Å². The first-order valence-electron chi connectivity index (χ1n) is 6.00. The summed E-state index contributed by atoms with van der Waals surface area (Å²) < 4.78 is 7.22. The topological polar surface area (TPSA) is 47.0 Å². The number of nitrogens with zero attached hydrogens (tertiary/aromatic N) is 1. The molecule has 1 heterocycles. The van der Waals surface area contributed by atoms with Crippen molar-refractivity contribution in [3.63, 3.8) is 0 Å². The molecule has 19 heavy (non-hydrogen) atoms. The number of nitrogens with one attached hydrogen (secondary N) is 1. The van der Waals surface area contributed by atoms with Gasteiger partial charge < -0.3 is 4.74 Å². The molecule has 0 aliphatic rings. The highest BCUT2D eigenvalue weighted by Crippen LogP contribution is 2.26. The summed E-state index contributed by atoms with van der Waals surface area (Å²) in [7, 11) is 1.62. The number of benzene rings is 1. The van der Waals surface area contributed by atoms with Gasteiger partial charge in [-0.05, 0) is 40.2 Å². The van der Waals surface area contributed by atoms with Gasteiger partial charge in [-0.3, -0.25) is 9.89 Å². The summed E-state index contributed by atoms with van der Waals surface area (Å²) in [6, 6.07) is 7.34. The van der Waals surface area contributed by atoms with E-state index in [9.17, 15) is 4.79 Å². The van der Waals surface area contributed by atoms with Crippen LogP contribution in [0.25, 0.3) is 5.69 Å². The van der Waals surface area contributed by atoms with E-state index in [4.69, 9.17) is 4.74 Å². The van der Waals surface area contributed by atoms with Crippen molar-refractivity contribution in [1.82, 2.24) is 9.78 Å². The van der Waals surface area contributed by atoms with Crippen LogP contribution in [-0.4, -0.2) is 16.9 Å². The van der Waals surface area contributed by atoms with Crippen molar-refractivity contribution >= 4 is 15.9 Å². The molecule has 4 nitrogen and oxygen atoms in total. The summed E-state index contributed by atoms with van der Waals surface area (Å²) in [6.07, 6.45) is 0. The van der Waals surface area contributed by atoms with Crippen molar-refractivity contribution in [3.05, 3.63) is 44.8 Å². The Bertz CT molecular complexity index is 633. The van der Waals surface area contributed by atoms with Crippen molar-refractivity contribution in [3.8, 4) is 11.4 Å².